The topological polar surface area (TPSA) is 54.5 Å². The van der Waals surface area contributed by atoms with Gasteiger partial charge in [0.2, 0.25) is 5.75 Å². The van der Waals surface area contributed by atoms with Crippen LogP contribution >= 0.6 is 0 Å². The Morgan fingerprint density at radius 3 is 2.18 bits per heavy atom. The van der Waals surface area contributed by atoms with Gasteiger partial charge in [-0.05, 0) is 19.1 Å². The Labute approximate surface area is 101 Å². The van der Waals surface area contributed by atoms with Crippen LogP contribution in [0.15, 0.2) is 12.1 Å². The second-order valence-electron chi connectivity index (χ2n) is 3.38. The van der Waals surface area contributed by atoms with Gasteiger partial charge in [-0.15, -0.1) is 0 Å². The summed E-state index contributed by atoms with van der Waals surface area (Å²) in [4.78, 5) is 3.16. The molecule has 94 valence electrons. The number of benzene rings is 1. The lowest BCUT2D eigenvalue weighted by atomic mass is 10.2. The number of rotatable bonds is 2. The molecule has 0 spiro atoms. The molecule has 2 aromatic rings. The predicted octanol–water partition coefficient (Wildman–Crippen LogP) is 3.23. The van der Waals surface area contributed by atoms with E-state index in [4.69, 9.17) is 9.47 Å². The van der Waals surface area contributed by atoms with Crippen LogP contribution in [-0.4, -0.2) is 24.3 Å². The number of nitrogens with one attached hydrogen (secondary N) is 1. The van der Waals surface area contributed by atoms with Gasteiger partial charge in [0.1, 0.15) is 0 Å². The fourth-order valence-corrected chi connectivity index (χ4v) is 1.75. The van der Waals surface area contributed by atoms with Crippen molar-refractivity contribution in [2.24, 2.45) is 0 Å². The molecular formula is C13H19NO3. The zero-order valence-corrected chi connectivity index (χ0v) is 10.9. The molecule has 1 aromatic heterocycles. The molecule has 1 heterocycles. The van der Waals surface area contributed by atoms with E-state index < -0.39 is 0 Å². The molecule has 0 fully saturated rings. The summed E-state index contributed by atoms with van der Waals surface area (Å²) in [5, 5.41) is 10.6. The molecule has 0 aliphatic carbocycles. The highest BCUT2D eigenvalue weighted by atomic mass is 16.5. The Bertz CT molecular complexity index is 503. The SMILES string of the molecule is CC.COc1c(O)cc2cc(C)[nH]c2c1OC. The van der Waals surface area contributed by atoms with Crippen molar-refractivity contribution in [3.8, 4) is 17.2 Å². The van der Waals surface area contributed by atoms with Crippen molar-refractivity contribution in [2.75, 3.05) is 14.2 Å². The molecule has 0 saturated carbocycles. The standard InChI is InChI=1S/C11H13NO3.C2H6/c1-6-4-7-5-8(13)10(14-2)11(15-3)9(7)12-6;1-2/h4-5,12-13H,1-3H3;1-2H3. The number of H-pyrrole nitrogens is 1. The average molecular weight is 237 g/mol. The zero-order valence-electron chi connectivity index (χ0n) is 10.9. The van der Waals surface area contributed by atoms with Crippen LogP contribution in [-0.2, 0) is 0 Å². The molecule has 2 N–H and O–H groups in total. The number of hydrogen-bond donors (Lipinski definition) is 2. The fourth-order valence-electron chi connectivity index (χ4n) is 1.75. The fraction of sp³-hybridized carbons (Fsp3) is 0.385. The highest BCUT2D eigenvalue weighted by molar-refractivity contribution is 5.91. The highest BCUT2D eigenvalue weighted by Gasteiger charge is 2.15. The molecule has 0 aliphatic rings. The minimum Gasteiger partial charge on any atom is -0.504 e. The molecule has 0 radical (unpaired) electrons. The third-order valence-electron chi connectivity index (χ3n) is 2.35. The van der Waals surface area contributed by atoms with Gasteiger partial charge in [0.05, 0.1) is 19.7 Å². The van der Waals surface area contributed by atoms with Gasteiger partial charge in [-0.1, -0.05) is 13.8 Å². The average Bonchev–Trinajstić information content (AvgIpc) is 2.69. The number of phenols is 1. The van der Waals surface area contributed by atoms with Gasteiger partial charge in [0.15, 0.2) is 11.5 Å². The summed E-state index contributed by atoms with van der Waals surface area (Å²) < 4.78 is 10.3. The maximum Gasteiger partial charge on any atom is 0.205 e. The summed E-state index contributed by atoms with van der Waals surface area (Å²) in [6.45, 7) is 5.95. The van der Waals surface area contributed by atoms with Crippen LogP contribution in [0.3, 0.4) is 0 Å². The van der Waals surface area contributed by atoms with E-state index in [-0.39, 0.29) is 5.75 Å². The first-order chi connectivity index (χ1) is 8.17. The van der Waals surface area contributed by atoms with Gasteiger partial charge in [0, 0.05) is 11.1 Å². The Balaban J connectivity index is 0.000000686. The number of ether oxygens (including phenoxy) is 2. The Hall–Kier alpha value is -1.84. The molecule has 0 atom stereocenters. The van der Waals surface area contributed by atoms with E-state index in [9.17, 15) is 5.11 Å². The third kappa shape index (κ3) is 2.30. The van der Waals surface area contributed by atoms with Crippen molar-refractivity contribution >= 4 is 10.9 Å². The number of fused-ring (bicyclic) bond motifs is 1. The molecule has 1 aromatic carbocycles. The first-order valence-electron chi connectivity index (χ1n) is 5.60. The molecule has 0 bridgehead atoms. The van der Waals surface area contributed by atoms with Crippen LogP contribution in [0.1, 0.15) is 19.5 Å². The summed E-state index contributed by atoms with van der Waals surface area (Å²) in [7, 11) is 3.05. The lowest BCUT2D eigenvalue weighted by Crippen LogP contribution is -1.92. The van der Waals surface area contributed by atoms with Gasteiger partial charge < -0.3 is 19.6 Å². The summed E-state index contributed by atoms with van der Waals surface area (Å²) >= 11 is 0. The van der Waals surface area contributed by atoms with Crippen molar-refractivity contribution in [1.29, 1.82) is 0 Å². The number of aromatic hydroxyl groups is 1. The molecule has 4 heteroatoms. The predicted molar refractivity (Wildman–Crippen MR) is 69.2 cm³/mol. The largest absolute Gasteiger partial charge is 0.504 e. The summed E-state index contributed by atoms with van der Waals surface area (Å²) in [6.07, 6.45) is 0. The second kappa shape index (κ2) is 5.48. The quantitative estimate of drug-likeness (QED) is 0.843. The van der Waals surface area contributed by atoms with Crippen LogP contribution in [0.5, 0.6) is 17.2 Å². The first kappa shape index (κ1) is 13.2. The van der Waals surface area contributed by atoms with Gasteiger partial charge >= 0.3 is 0 Å². The number of aryl methyl sites for hydroxylation is 1. The molecule has 0 aliphatic heterocycles. The van der Waals surface area contributed by atoms with E-state index >= 15 is 0 Å². The van der Waals surface area contributed by atoms with Crippen LogP contribution < -0.4 is 9.47 Å². The normalized spacial score (nSPS) is 9.71. The molecular weight excluding hydrogens is 218 g/mol. The van der Waals surface area contributed by atoms with E-state index in [1.54, 1.807) is 13.2 Å². The van der Waals surface area contributed by atoms with Crippen molar-refractivity contribution in [3.05, 3.63) is 17.8 Å². The highest BCUT2D eigenvalue weighted by Crippen LogP contribution is 2.42. The molecule has 2 rings (SSSR count). The molecule has 17 heavy (non-hydrogen) atoms. The summed E-state index contributed by atoms with van der Waals surface area (Å²) in [6, 6.07) is 3.59. The van der Waals surface area contributed by atoms with E-state index in [2.05, 4.69) is 4.98 Å². The second-order valence-corrected chi connectivity index (χ2v) is 3.38. The lowest BCUT2D eigenvalue weighted by Gasteiger charge is -2.09. The minimum atomic E-state index is 0.0841. The maximum absolute atomic E-state index is 9.71. The van der Waals surface area contributed by atoms with Gasteiger partial charge in [-0.2, -0.15) is 0 Å². The molecule has 0 amide bonds. The minimum absolute atomic E-state index is 0.0841. The van der Waals surface area contributed by atoms with Crippen molar-refractivity contribution < 1.29 is 14.6 Å². The smallest absolute Gasteiger partial charge is 0.205 e. The lowest BCUT2D eigenvalue weighted by molar-refractivity contribution is 0.336. The first-order valence-corrected chi connectivity index (χ1v) is 5.60. The van der Waals surface area contributed by atoms with E-state index in [1.165, 1.54) is 7.11 Å². The molecule has 4 nitrogen and oxygen atoms in total. The Morgan fingerprint density at radius 2 is 1.65 bits per heavy atom. The maximum atomic E-state index is 9.71. The zero-order chi connectivity index (χ0) is 13.0. The number of aromatic amines is 1. The van der Waals surface area contributed by atoms with E-state index in [1.807, 2.05) is 26.8 Å². The molecule has 0 unspecified atom stereocenters. The summed E-state index contributed by atoms with van der Waals surface area (Å²) in [5.74, 6) is 0.966. The van der Waals surface area contributed by atoms with E-state index in [0.29, 0.717) is 11.5 Å². The number of hydrogen-bond acceptors (Lipinski definition) is 3. The Morgan fingerprint density at radius 1 is 1.06 bits per heavy atom. The van der Waals surface area contributed by atoms with Crippen LogP contribution in [0.2, 0.25) is 0 Å². The molecule has 0 saturated heterocycles. The van der Waals surface area contributed by atoms with Crippen LogP contribution in [0.25, 0.3) is 10.9 Å². The van der Waals surface area contributed by atoms with E-state index in [0.717, 1.165) is 16.6 Å². The summed E-state index contributed by atoms with van der Waals surface area (Å²) in [5.41, 5.74) is 1.85. The van der Waals surface area contributed by atoms with Crippen molar-refractivity contribution in [3.63, 3.8) is 0 Å². The number of aromatic nitrogens is 1. The number of methoxy groups -OCH3 is 2. The van der Waals surface area contributed by atoms with Crippen LogP contribution in [0.4, 0.5) is 0 Å². The van der Waals surface area contributed by atoms with Gasteiger partial charge in [0.25, 0.3) is 0 Å². The monoisotopic (exact) mass is 237 g/mol. The van der Waals surface area contributed by atoms with Crippen LogP contribution in [0, 0.1) is 6.92 Å². The third-order valence-corrected chi connectivity index (χ3v) is 2.35. The Kier molecular flexibility index (Phi) is 4.26. The van der Waals surface area contributed by atoms with Crippen molar-refractivity contribution in [1.82, 2.24) is 4.98 Å². The van der Waals surface area contributed by atoms with Crippen molar-refractivity contribution in [2.45, 2.75) is 20.8 Å². The number of phenolic OH excluding ortho intramolecular Hbond substituents is 1. The van der Waals surface area contributed by atoms with Gasteiger partial charge in [-0.25, -0.2) is 0 Å². The van der Waals surface area contributed by atoms with Gasteiger partial charge in [-0.3, -0.25) is 0 Å².